The summed E-state index contributed by atoms with van der Waals surface area (Å²) < 4.78 is 5.20. The third-order valence-electron chi connectivity index (χ3n) is 2.45. The van der Waals surface area contributed by atoms with E-state index in [0.717, 1.165) is 6.42 Å². The Morgan fingerprint density at radius 1 is 1.53 bits per heavy atom. The molecule has 1 rings (SSSR count). The molecule has 17 heavy (non-hydrogen) atoms. The molecule has 0 bridgehead atoms. The number of carbonyl (C=O) groups excluding carboxylic acids is 2. The Morgan fingerprint density at radius 2 is 2.24 bits per heavy atom. The van der Waals surface area contributed by atoms with E-state index in [2.05, 4.69) is 10.6 Å². The van der Waals surface area contributed by atoms with Crippen LogP contribution in [0.4, 0.5) is 0 Å². The summed E-state index contributed by atoms with van der Waals surface area (Å²) in [5.41, 5.74) is -0.421. The van der Waals surface area contributed by atoms with Gasteiger partial charge in [-0.3, -0.25) is 9.59 Å². The molecule has 2 N–H and O–H groups in total. The summed E-state index contributed by atoms with van der Waals surface area (Å²) >= 11 is 0. The summed E-state index contributed by atoms with van der Waals surface area (Å²) in [5.74, 6) is -0.0833. The van der Waals surface area contributed by atoms with Crippen LogP contribution in [0.25, 0.3) is 0 Å². The number of carbonyl (C=O) groups is 2. The maximum atomic E-state index is 11.4. The lowest BCUT2D eigenvalue weighted by atomic mass is 10.1. The summed E-state index contributed by atoms with van der Waals surface area (Å²) in [6, 6.07) is 0.273. The maximum Gasteiger partial charge on any atom is 0.307 e. The van der Waals surface area contributed by atoms with Crippen LogP contribution in [0.5, 0.6) is 0 Å². The monoisotopic (exact) mass is 242 g/mol. The minimum absolute atomic E-state index is 0.107. The molecule has 1 fully saturated rings. The molecular weight excluding hydrogens is 220 g/mol. The van der Waals surface area contributed by atoms with Crippen LogP contribution < -0.4 is 10.6 Å². The fourth-order valence-electron chi connectivity index (χ4n) is 1.68. The van der Waals surface area contributed by atoms with Gasteiger partial charge >= 0.3 is 5.97 Å². The molecule has 1 saturated heterocycles. The van der Waals surface area contributed by atoms with E-state index in [1.165, 1.54) is 0 Å². The minimum atomic E-state index is -0.421. The van der Waals surface area contributed by atoms with Crippen LogP contribution in [0.2, 0.25) is 0 Å². The highest BCUT2D eigenvalue weighted by atomic mass is 16.6. The Balaban J connectivity index is 2.11. The van der Waals surface area contributed by atoms with Crippen molar-refractivity contribution in [2.45, 2.75) is 51.7 Å². The highest BCUT2D eigenvalue weighted by molar-refractivity contribution is 5.76. The SMILES string of the molecule is CC(C)(C)OC(=O)CCNC1CCC(=O)NC1. The van der Waals surface area contributed by atoms with E-state index in [0.29, 0.717) is 25.9 Å². The largest absolute Gasteiger partial charge is 0.460 e. The number of ether oxygens (including phenoxy) is 1. The standard InChI is InChI=1S/C12H22N2O3/c1-12(2,3)17-11(16)6-7-13-9-4-5-10(15)14-8-9/h9,13H,4-8H2,1-3H3,(H,14,15). The van der Waals surface area contributed by atoms with Crippen molar-refractivity contribution in [3.8, 4) is 0 Å². The molecule has 1 atom stereocenters. The van der Waals surface area contributed by atoms with E-state index < -0.39 is 5.60 Å². The van der Waals surface area contributed by atoms with E-state index in [1.54, 1.807) is 0 Å². The van der Waals surface area contributed by atoms with Crippen molar-refractivity contribution >= 4 is 11.9 Å². The number of hydrogen-bond acceptors (Lipinski definition) is 4. The fourth-order valence-corrected chi connectivity index (χ4v) is 1.68. The Kier molecular flexibility index (Phi) is 4.93. The highest BCUT2D eigenvalue weighted by Gasteiger charge is 2.19. The molecule has 98 valence electrons. The zero-order valence-corrected chi connectivity index (χ0v) is 10.8. The van der Waals surface area contributed by atoms with Gasteiger partial charge in [0.05, 0.1) is 6.42 Å². The molecule has 1 aliphatic heterocycles. The minimum Gasteiger partial charge on any atom is -0.460 e. The molecule has 0 spiro atoms. The molecule has 0 radical (unpaired) electrons. The van der Waals surface area contributed by atoms with Crippen LogP contribution in [0.15, 0.2) is 0 Å². The van der Waals surface area contributed by atoms with Crippen molar-refractivity contribution in [2.24, 2.45) is 0 Å². The smallest absolute Gasteiger partial charge is 0.307 e. The quantitative estimate of drug-likeness (QED) is 0.708. The molecule has 1 heterocycles. The second kappa shape index (κ2) is 6.00. The van der Waals surface area contributed by atoms with Crippen LogP contribution >= 0.6 is 0 Å². The van der Waals surface area contributed by atoms with Gasteiger partial charge in [0, 0.05) is 25.6 Å². The molecular formula is C12H22N2O3. The van der Waals surface area contributed by atoms with Gasteiger partial charge in [-0.2, -0.15) is 0 Å². The number of rotatable bonds is 4. The van der Waals surface area contributed by atoms with Crippen molar-refractivity contribution in [1.82, 2.24) is 10.6 Å². The highest BCUT2D eigenvalue weighted by Crippen LogP contribution is 2.08. The zero-order valence-electron chi connectivity index (χ0n) is 10.8. The van der Waals surface area contributed by atoms with E-state index in [1.807, 2.05) is 20.8 Å². The fraction of sp³-hybridized carbons (Fsp3) is 0.833. The first-order valence-corrected chi connectivity index (χ1v) is 6.09. The summed E-state index contributed by atoms with van der Waals surface area (Å²) in [6.07, 6.45) is 1.76. The molecule has 0 aromatic heterocycles. The number of piperidine rings is 1. The molecule has 0 aromatic rings. The first-order chi connectivity index (χ1) is 7.87. The van der Waals surface area contributed by atoms with Gasteiger partial charge in [-0.25, -0.2) is 0 Å². The van der Waals surface area contributed by atoms with E-state index in [4.69, 9.17) is 4.74 Å². The summed E-state index contributed by atoms with van der Waals surface area (Å²) in [5, 5.41) is 6.03. The lowest BCUT2D eigenvalue weighted by Gasteiger charge is -2.24. The Bertz CT molecular complexity index is 274. The summed E-state index contributed by atoms with van der Waals surface area (Å²) in [4.78, 5) is 22.4. The van der Waals surface area contributed by atoms with Gasteiger partial charge in [-0.1, -0.05) is 0 Å². The maximum absolute atomic E-state index is 11.4. The Morgan fingerprint density at radius 3 is 2.76 bits per heavy atom. The number of nitrogens with one attached hydrogen (secondary N) is 2. The lowest BCUT2D eigenvalue weighted by Crippen LogP contribution is -2.46. The van der Waals surface area contributed by atoms with E-state index in [9.17, 15) is 9.59 Å². The third kappa shape index (κ3) is 6.26. The molecule has 1 amide bonds. The topological polar surface area (TPSA) is 67.4 Å². The second-order valence-electron chi connectivity index (χ2n) is 5.33. The van der Waals surface area contributed by atoms with Crippen molar-refractivity contribution in [1.29, 1.82) is 0 Å². The van der Waals surface area contributed by atoms with Gasteiger partial charge in [0.2, 0.25) is 5.91 Å². The Labute approximate surface area is 102 Å². The molecule has 0 aromatic carbocycles. The van der Waals surface area contributed by atoms with Gasteiger partial charge in [-0.05, 0) is 27.2 Å². The van der Waals surface area contributed by atoms with Crippen LogP contribution in [-0.2, 0) is 14.3 Å². The predicted octanol–water partition coefficient (Wildman–Crippen LogP) is 0.586. The number of esters is 1. The van der Waals surface area contributed by atoms with Crippen molar-refractivity contribution in [3.05, 3.63) is 0 Å². The first-order valence-electron chi connectivity index (χ1n) is 6.09. The van der Waals surface area contributed by atoms with Gasteiger partial charge in [0.1, 0.15) is 5.60 Å². The average Bonchev–Trinajstić information content (AvgIpc) is 2.18. The zero-order chi connectivity index (χ0) is 12.9. The number of amides is 1. The van der Waals surface area contributed by atoms with Crippen molar-refractivity contribution < 1.29 is 14.3 Å². The predicted molar refractivity (Wildman–Crippen MR) is 64.5 cm³/mol. The van der Waals surface area contributed by atoms with Crippen molar-refractivity contribution in [2.75, 3.05) is 13.1 Å². The summed E-state index contributed by atoms with van der Waals surface area (Å²) in [7, 11) is 0. The third-order valence-corrected chi connectivity index (χ3v) is 2.45. The average molecular weight is 242 g/mol. The van der Waals surface area contributed by atoms with Crippen LogP contribution in [0, 0.1) is 0 Å². The molecule has 5 heteroatoms. The van der Waals surface area contributed by atoms with Gasteiger partial charge in [-0.15, -0.1) is 0 Å². The van der Waals surface area contributed by atoms with E-state index in [-0.39, 0.29) is 17.9 Å². The van der Waals surface area contributed by atoms with Gasteiger partial charge in [0.15, 0.2) is 0 Å². The van der Waals surface area contributed by atoms with Crippen molar-refractivity contribution in [3.63, 3.8) is 0 Å². The first kappa shape index (κ1) is 14.0. The molecule has 0 saturated carbocycles. The number of hydrogen-bond donors (Lipinski definition) is 2. The van der Waals surface area contributed by atoms with Crippen LogP contribution in [-0.4, -0.2) is 36.6 Å². The van der Waals surface area contributed by atoms with Gasteiger partial charge in [0.25, 0.3) is 0 Å². The normalized spacial score (nSPS) is 20.9. The van der Waals surface area contributed by atoms with Crippen LogP contribution in [0.3, 0.4) is 0 Å². The molecule has 0 aliphatic carbocycles. The lowest BCUT2D eigenvalue weighted by molar-refractivity contribution is -0.154. The van der Waals surface area contributed by atoms with Crippen LogP contribution in [0.1, 0.15) is 40.0 Å². The molecule has 1 aliphatic rings. The molecule has 1 unspecified atom stereocenters. The Hall–Kier alpha value is -1.10. The second-order valence-corrected chi connectivity index (χ2v) is 5.33. The molecule has 5 nitrogen and oxygen atoms in total. The van der Waals surface area contributed by atoms with Gasteiger partial charge < -0.3 is 15.4 Å². The van der Waals surface area contributed by atoms with E-state index >= 15 is 0 Å². The summed E-state index contributed by atoms with van der Waals surface area (Å²) in [6.45, 7) is 6.81.